The fourth-order valence-corrected chi connectivity index (χ4v) is 3.10. The molecule has 2 N–H and O–H groups in total. The van der Waals surface area contributed by atoms with Crippen molar-refractivity contribution in [3.8, 4) is 0 Å². The summed E-state index contributed by atoms with van der Waals surface area (Å²) in [6, 6.07) is 8.26. The third-order valence-electron chi connectivity index (χ3n) is 4.26. The van der Waals surface area contributed by atoms with Gasteiger partial charge in [0.05, 0.1) is 0 Å². The summed E-state index contributed by atoms with van der Waals surface area (Å²) in [7, 11) is 1.45. The van der Waals surface area contributed by atoms with Crippen molar-refractivity contribution in [1.29, 1.82) is 0 Å². The molecule has 1 aliphatic carbocycles. The number of nitrogens with one attached hydrogen (secondary N) is 1. The van der Waals surface area contributed by atoms with Crippen LogP contribution in [0.15, 0.2) is 30.3 Å². The van der Waals surface area contributed by atoms with Crippen LogP contribution in [0.2, 0.25) is 0 Å². The van der Waals surface area contributed by atoms with E-state index in [1.54, 1.807) is 12.1 Å². The Morgan fingerprint density at radius 1 is 1.18 bits per heavy atom. The molecule has 0 unspecified atom stereocenters. The molecule has 0 spiro atoms. The number of carboxylic acids is 1. The van der Waals surface area contributed by atoms with E-state index < -0.39 is 24.0 Å². The second kappa shape index (κ2) is 7.94. The Bertz CT molecular complexity index is 497. The van der Waals surface area contributed by atoms with Crippen molar-refractivity contribution in [1.82, 2.24) is 5.32 Å². The van der Waals surface area contributed by atoms with Gasteiger partial charge in [-0.3, -0.25) is 4.79 Å². The van der Waals surface area contributed by atoms with Crippen LogP contribution in [-0.4, -0.2) is 30.1 Å². The first-order valence-electron chi connectivity index (χ1n) is 7.74. The number of benzene rings is 1. The van der Waals surface area contributed by atoms with Crippen LogP contribution in [0.5, 0.6) is 0 Å². The lowest BCUT2D eigenvalue weighted by molar-refractivity contribution is -0.146. The fraction of sp³-hybridized carbons (Fsp3) is 0.529. The number of hydrogen-bond acceptors (Lipinski definition) is 3. The number of aliphatic carboxylic acids is 1. The summed E-state index contributed by atoms with van der Waals surface area (Å²) in [5, 5.41) is 12.1. The maximum atomic E-state index is 12.4. The van der Waals surface area contributed by atoms with Crippen LogP contribution in [0.1, 0.15) is 43.8 Å². The van der Waals surface area contributed by atoms with E-state index in [1.807, 2.05) is 18.2 Å². The maximum Gasteiger partial charge on any atom is 0.326 e. The summed E-state index contributed by atoms with van der Waals surface area (Å²) >= 11 is 0. The minimum atomic E-state index is -0.969. The Kier molecular flexibility index (Phi) is 5.95. The van der Waals surface area contributed by atoms with E-state index in [2.05, 4.69) is 5.32 Å². The third-order valence-corrected chi connectivity index (χ3v) is 4.26. The van der Waals surface area contributed by atoms with E-state index in [4.69, 9.17) is 4.74 Å². The molecule has 0 aliphatic heterocycles. The highest BCUT2D eigenvalue weighted by Gasteiger charge is 2.33. The number of carboxylic acid groups (broad SMARTS) is 1. The summed E-state index contributed by atoms with van der Waals surface area (Å²) in [6.07, 6.45) is 4.10. The van der Waals surface area contributed by atoms with Gasteiger partial charge in [0.2, 0.25) is 0 Å². The van der Waals surface area contributed by atoms with Gasteiger partial charge in [-0.05, 0) is 24.3 Å². The molecule has 1 saturated carbocycles. The summed E-state index contributed by atoms with van der Waals surface area (Å²) in [5.41, 5.74) is 0.718. The predicted molar refractivity (Wildman–Crippen MR) is 82.3 cm³/mol. The van der Waals surface area contributed by atoms with Crippen LogP contribution in [0.3, 0.4) is 0 Å². The highest BCUT2D eigenvalue weighted by molar-refractivity contribution is 5.87. The monoisotopic (exact) mass is 305 g/mol. The Balaban J connectivity index is 2.07. The van der Waals surface area contributed by atoms with E-state index >= 15 is 0 Å². The van der Waals surface area contributed by atoms with Gasteiger partial charge in [-0.1, -0.05) is 49.6 Å². The lowest BCUT2D eigenvalue weighted by Crippen LogP contribution is -2.48. The van der Waals surface area contributed by atoms with Crippen molar-refractivity contribution in [2.45, 2.75) is 44.2 Å². The molecule has 0 radical (unpaired) electrons. The average Bonchev–Trinajstić information content (AvgIpc) is 2.55. The highest BCUT2D eigenvalue weighted by atomic mass is 16.5. The molecule has 0 saturated heterocycles. The first-order chi connectivity index (χ1) is 10.6. The van der Waals surface area contributed by atoms with E-state index in [0.29, 0.717) is 0 Å². The van der Waals surface area contributed by atoms with Gasteiger partial charge in [-0.2, -0.15) is 0 Å². The molecule has 1 fully saturated rings. The Hall–Kier alpha value is -1.88. The number of amides is 1. The summed E-state index contributed by atoms with van der Waals surface area (Å²) < 4.78 is 5.26. The van der Waals surface area contributed by atoms with Gasteiger partial charge in [0, 0.05) is 7.11 Å². The van der Waals surface area contributed by atoms with E-state index in [0.717, 1.165) is 37.7 Å². The third kappa shape index (κ3) is 4.07. The molecule has 1 amide bonds. The normalized spacial score (nSPS) is 18.4. The second-order valence-corrected chi connectivity index (χ2v) is 5.75. The fourth-order valence-electron chi connectivity index (χ4n) is 3.10. The first kappa shape index (κ1) is 16.5. The van der Waals surface area contributed by atoms with Gasteiger partial charge >= 0.3 is 5.97 Å². The van der Waals surface area contributed by atoms with Gasteiger partial charge in [-0.15, -0.1) is 0 Å². The SMILES string of the molecule is CO[C@H](C(=O)N[C@@H](C(=O)O)C1CCCCC1)c1ccccc1. The number of rotatable bonds is 6. The molecule has 5 nitrogen and oxygen atoms in total. The topological polar surface area (TPSA) is 75.6 Å². The van der Waals surface area contributed by atoms with Crippen molar-refractivity contribution < 1.29 is 19.4 Å². The minimum Gasteiger partial charge on any atom is -0.480 e. The highest BCUT2D eigenvalue weighted by Crippen LogP contribution is 2.27. The van der Waals surface area contributed by atoms with Gasteiger partial charge in [0.15, 0.2) is 6.10 Å². The Morgan fingerprint density at radius 3 is 2.36 bits per heavy atom. The molecule has 0 bridgehead atoms. The second-order valence-electron chi connectivity index (χ2n) is 5.75. The van der Waals surface area contributed by atoms with Gasteiger partial charge in [0.25, 0.3) is 5.91 Å². The largest absolute Gasteiger partial charge is 0.480 e. The molecule has 5 heteroatoms. The molecule has 120 valence electrons. The zero-order valence-electron chi connectivity index (χ0n) is 12.8. The molecule has 1 aromatic carbocycles. The van der Waals surface area contributed by atoms with Crippen LogP contribution in [-0.2, 0) is 14.3 Å². The summed E-state index contributed by atoms with van der Waals surface area (Å²) in [6.45, 7) is 0. The van der Waals surface area contributed by atoms with Gasteiger partial charge in [0.1, 0.15) is 6.04 Å². The first-order valence-corrected chi connectivity index (χ1v) is 7.74. The smallest absolute Gasteiger partial charge is 0.326 e. The molecule has 0 heterocycles. The zero-order valence-corrected chi connectivity index (χ0v) is 12.8. The van der Waals surface area contributed by atoms with Crippen LogP contribution >= 0.6 is 0 Å². The van der Waals surface area contributed by atoms with Crippen LogP contribution < -0.4 is 5.32 Å². The Morgan fingerprint density at radius 2 is 1.82 bits per heavy atom. The maximum absolute atomic E-state index is 12.4. The van der Waals surface area contributed by atoms with Crippen molar-refractivity contribution in [3.05, 3.63) is 35.9 Å². The lowest BCUT2D eigenvalue weighted by atomic mass is 9.83. The standard InChI is InChI=1S/C17H23NO4/c1-22-15(13-10-6-3-7-11-13)16(19)18-14(17(20)21)12-8-4-2-5-9-12/h3,6-7,10-12,14-15H,2,4-5,8-9H2,1H3,(H,18,19)(H,20,21)/t14-,15+/m1/s1. The van der Waals surface area contributed by atoms with E-state index in [-0.39, 0.29) is 5.92 Å². The van der Waals surface area contributed by atoms with Gasteiger partial charge in [-0.25, -0.2) is 4.79 Å². The summed E-state index contributed by atoms with van der Waals surface area (Å²) in [5.74, 6) is -1.36. The number of ether oxygens (including phenoxy) is 1. The molecule has 1 aromatic rings. The minimum absolute atomic E-state index is 0.00322. The quantitative estimate of drug-likeness (QED) is 0.847. The average molecular weight is 305 g/mol. The van der Waals surface area contributed by atoms with Gasteiger partial charge < -0.3 is 15.2 Å². The lowest BCUT2D eigenvalue weighted by Gasteiger charge is -2.29. The molecule has 22 heavy (non-hydrogen) atoms. The van der Waals surface area contributed by atoms with Crippen molar-refractivity contribution in [2.24, 2.45) is 5.92 Å². The van der Waals surface area contributed by atoms with Crippen LogP contribution in [0, 0.1) is 5.92 Å². The van der Waals surface area contributed by atoms with Crippen molar-refractivity contribution >= 4 is 11.9 Å². The Labute approximate surface area is 130 Å². The molecular weight excluding hydrogens is 282 g/mol. The number of carbonyl (C=O) groups is 2. The number of carbonyl (C=O) groups excluding carboxylic acids is 1. The molecule has 1 aliphatic rings. The molecule has 2 rings (SSSR count). The van der Waals surface area contributed by atoms with Crippen molar-refractivity contribution in [2.75, 3.05) is 7.11 Å². The van der Waals surface area contributed by atoms with E-state index in [1.165, 1.54) is 7.11 Å². The zero-order chi connectivity index (χ0) is 15.9. The molecular formula is C17H23NO4. The molecule has 0 aromatic heterocycles. The summed E-state index contributed by atoms with van der Waals surface area (Å²) in [4.78, 5) is 24.0. The number of hydrogen-bond donors (Lipinski definition) is 2. The number of methoxy groups -OCH3 is 1. The van der Waals surface area contributed by atoms with E-state index in [9.17, 15) is 14.7 Å². The predicted octanol–water partition coefficient (Wildman–Crippen LogP) is 2.52. The van der Waals surface area contributed by atoms with Crippen molar-refractivity contribution in [3.63, 3.8) is 0 Å². The van der Waals surface area contributed by atoms with Crippen LogP contribution in [0.4, 0.5) is 0 Å². The van der Waals surface area contributed by atoms with Crippen LogP contribution in [0.25, 0.3) is 0 Å². The molecule has 2 atom stereocenters.